The molecule has 0 fully saturated rings. The Balaban J connectivity index is 2.11. The van der Waals surface area contributed by atoms with E-state index in [1.54, 1.807) is 0 Å². The van der Waals surface area contributed by atoms with Crippen molar-refractivity contribution in [3.8, 4) is 0 Å². The maximum Gasteiger partial charge on any atom is 0.106 e. The Morgan fingerprint density at radius 1 is 1.11 bits per heavy atom. The molecule has 3 heteroatoms. The van der Waals surface area contributed by atoms with Crippen LogP contribution in [0, 0.1) is 0 Å². The molecule has 2 rings (SSSR count). The van der Waals surface area contributed by atoms with Gasteiger partial charge >= 0.3 is 0 Å². The number of halogens is 1. The number of rotatable bonds is 4. The van der Waals surface area contributed by atoms with Crippen molar-refractivity contribution in [1.29, 1.82) is 0 Å². The number of benzene rings is 1. The van der Waals surface area contributed by atoms with Crippen LogP contribution in [0.1, 0.15) is 31.0 Å². The van der Waals surface area contributed by atoms with E-state index in [0.29, 0.717) is 5.92 Å². The van der Waals surface area contributed by atoms with Gasteiger partial charge in [-0.1, -0.05) is 38.1 Å². The number of para-hydroxylation sites is 1. The van der Waals surface area contributed by atoms with Crippen molar-refractivity contribution < 1.29 is 0 Å². The average molecular weight is 305 g/mol. The first-order valence-electron chi connectivity index (χ1n) is 6.11. The number of nitrogens with zero attached hydrogens (tertiary/aromatic N) is 1. The standard InChI is InChI=1S/C15H17BrN2/c1-11(2)13-7-3-4-8-14(13)17-10-12-6-5-9-15(16)18-12/h3-9,11,17H,10H2,1-2H3. The van der Waals surface area contributed by atoms with Crippen molar-refractivity contribution >= 4 is 21.6 Å². The van der Waals surface area contributed by atoms with E-state index >= 15 is 0 Å². The first-order valence-corrected chi connectivity index (χ1v) is 6.90. The first-order chi connectivity index (χ1) is 8.66. The van der Waals surface area contributed by atoms with E-state index in [2.05, 4.69) is 64.3 Å². The molecule has 2 aromatic rings. The largest absolute Gasteiger partial charge is 0.379 e. The van der Waals surface area contributed by atoms with E-state index < -0.39 is 0 Å². The van der Waals surface area contributed by atoms with Gasteiger partial charge in [-0.15, -0.1) is 0 Å². The molecule has 0 saturated carbocycles. The third kappa shape index (κ3) is 3.33. The van der Waals surface area contributed by atoms with Crippen molar-refractivity contribution in [2.24, 2.45) is 0 Å². The van der Waals surface area contributed by atoms with Crippen LogP contribution in [0.2, 0.25) is 0 Å². The molecule has 0 aliphatic rings. The van der Waals surface area contributed by atoms with E-state index in [1.807, 2.05) is 18.2 Å². The van der Waals surface area contributed by atoms with Gasteiger partial charge in [-0.25, -0.2) is 4.98 Å². The molecule has 0 saturated heterocycles. The van der Waals surface area contributed by atoms with Gasteiger partial charge in [0.25, 0.3) is 0 Å². The van der Waals surface area contributed by atoms with Crippen molar-refractivity contribution in [2.75, 3.05) is 5.32 Å². The van der Waals surface area contributed by atoms with Crippen molar-refractivity contribution in [3.05, 3.63) is 58.3 Å². The lowest BCUT2D eigenvalue weighted by Crippen LogP contribution is -2.04. The minimum absolute atomic E-state index is 0.518. The number of nitrogens with one attached hydrogen (secondary N) is 1. The first kappa shape index (κ1) is 13.1. The molecular formula is C15H17BrN2. The van der Waals surface area contributed by atoms with Gasteiger partial charge in [0, 0.05) is 5.69 Å². The predicted molar refractivity (Wildman–Crippen MR) is 79.8 cm³/mol. The van der Waals surface area contributed by atoms with E-state index in [-0.39, 0.29) is 0 Å². The van der Waals surface area contributed by atoms with Crippen LogP contribution >= 0.6 is 15.9 Å². The summed E-state index contributed by atoms with van der Waals surface area (Å²) < 4.78 is 0.874. The Bertz CT molecular complexity index is 523. The second kappa shape index (κ2) is 6.01. The summed E-state index contributed by atoms with van der Waals surface area (Å²) in [6, 6.07) is 14.4. The van der Waals surface area contributed by atoms with Crippen LogP contribution in [0.5, 0.6) is 0 Å². The van der Waals surface area contributed by atoms with Gasteiger partial charge < -0.3 is 5.32 Å². The summed E-state index contributed by atoms with van der Waals surface area (Å²) in [5.74, 6) is 0.518. The molecule has 0 unspecified atom stereocenters. The Morgan fingerprint density at radius 2 is 1.89 bits per heavy atom. The maximum absolute atomic E-state index is 4.42. The summed E-state index contributed by atoms with van der Waals surface area (Å²) in [6.45, 7) is 5.15. The summed E-state index contributed by atoms with van der Waals surface area (Å²) in [6.07, 6.45) is 0. The number of pyridine rings is 1. The molecule has 0 bridgehead atoms. The second-order valence-corrected chi connectivity index (χ2v) is 5.36. The molecule has 1 heterocycles. The van der Waals surface area contributed by atoms with E-state index in [9.17, 15) is 0 Å². The van der Waals surface area contributed by atoms with Crippen molar-refractivity contribution in [2.45, 2.75) is 26.3 Å². The molecule has 0 atom stereocenters. The van der Waals surface area contributed by atoms with Gasteiger partial charge in [0.05, 0.1) is 12.2 Å². The van der Waals surface area contributed by atoms with Gasteiger partial charge in [0.15, 0.2) is 0 Å². The van der Waals surface area contributed by atoms with Gasteiger partial charge in [0.2, 0.25) is 0 Å². The van der Waals surface area contributed by atoms with Crippen molar-refractivity contribution in [1.82, 2.24) is 4.98 Å². The molecule has 0 spiro atoms. The fourth-order valence-corrected chi connectivity index (χ4v) is 2.28. The van der Waals surface area contributed by atoms with Gasteiger partial charge in [0.1, 0.15) is 4.60 Å². The van der Waals surface area contributed by atoms with Crippen LogP contribution < -0.4 is 5.32 Å². The fourth-order valence-electron chi connectivity index (χ4n) is 1.90. The second-order valence-electron chi connectivity index (χ2n) is 4.55. The third-order valence-electron chi connectivity index (χ3n) is 2.82. The third-order valence-corrected chi connectivity index (χ3v) is 3.26. The van der Waals surface area contributed by atoms with Crippen LogP contribution in [0.25, 0.3) is 0 Å². The molecule has 94 valence electrons. The van der Waals surface area contributed by atoms with Gasteiger partial charge in [-0.3, -0.25) is 0 Å². The lowest BCUT2D eigenvalue weighted by Gasteiger charge is -2.14. The van der Waals surface area contributed by atoms with E-state index in [0.717, 1.165) is 16.8 Å². The van der Waals surface area contributed by atoms with Crippen LogP contribution in [0.4, 0.5) is 5.69 Å². The summed E-state index contributed by atoms with van der Waals surface area (Å²) >= 11 is 3.39. The van der Waals surface area contributed by atoms with E-state index in [4.69, 9.17) is 0 Å². The number of hydrogen-bond donors (Lipinski definition) is 1. The Kier molecular flexibility index (Phi) is 4.37. The normalized spacial score (nSPS) is 10.7. The summed E-state index contributed by atoms with van der Waals surface area (Å²) in [5.41, 5.74) is 3.56. The lowest BCUT2D eigenvalue weighted by molar-refractivity contribution is 0.864. The lowest BCUT2D eigenvalue weighted by atomic mass is 10.0. The topological polar surface area (TPSA) is 24.9 Å². The molecule has 0 radical (unpaired) electrons. The Labute approximate surface area is 117 Å². The molecule has 0 amide bonds. The molecule has 1 aromatic heterocycles. The number of anilines is 1. The van der Waals surface area contributed by atoms with Gasteiger partial charge in [-0.05, 0) is 45.6 Å². The Hall–Kier alpha value is -1.35. The highest BCUT2D eigenvalue weighted by Gasteiger charge is 2.05. The highest BCUT2D eigenvalue weighted by molar-refractivity contribution is 9.10. The molecular weight excluding hydrogens is 288 g/mol. The summed E-state index contributed by atoms with van der Waals surface area (Å²) in [4.78, 5) is 4.42. The molecule has 0 aliphatic heterocycles. The predicted octanol–water partition coefficient (Wildman–Crippen LogP) is 4.58. The minimum Gasteiger partial charge on any atom is -0.379 e. The number of aromatic nitrogens is 1. The zero-order valence-electron chi connectivity index (χ0n) is 10.7. The quantitative estimate of drug-likeness (QED) is 0.836. The monoisotopic (exact) mass is 304 g/mol. The number of hydrogen-bond acceptors (Lipinski definition) is 2. The fraction of sp³-hybridized carbons (Fsp3) is 0.267. The smallest absolute Gasteiger partial charge is 0.106 e. The molecule has 0 aliphatic carbocycles. The molecule has 18 heavy (non-hydrogen) atoms. The highest BCUT2D eigenvalue weighted by Crippen LogP contribution is 2.24. The summed E-state index contributed by atoms with van der Waals surface area (Å²) in [5, 5.41) is 3.45. The minimum atomic E-state index is 0.518. The highest BCUT2D eigenvalue weighted by atomic mass is 79.9. The maximum atomic E-state index is 4.42. The average Bonchev–Trinajstić information content (AvgIpc) is 2.37. The van der Waals surface area contributed by atoms with Crippen molar-refractivity contribution in [3.63, 3.8) is 0 Å². The van der Waals surface area contributed by atoms with Crippen LogP contribution in [0.3, 0.4) is 0 Å². The summed E-state index contributed by atoms with van der Waals surface area (Å²) in [7, 11) is 0. The Morgan fingerprint density at radius 3 is 2.61 bits per heavy atom. The zero-order chi connectivity index (χ0) is 13.0. The van der Waals surface area contributed by atoms with Crippen LogP contribution in [0.15, 0.2) is 47.1 Å². The SMILES string of the molecule is CC(C)c1ccccc1NCc1cccc(Br)n1. The molecule has 1 aromatic carbocycles. The molecule has 2 nitrogen and oxygen atoms in total. The van der Waals surface area contributed by atoms with E-state index in [1.165, 1.54) is 11.3 Å². The zero-order valence-corrected chi connectivity index (χ0v) is 12.2. The van der Waals surface area contributed by atoms with Crippen LogP contribution in [-0.4, -0.2) is 4.98 Å². The molecule has 1 N–H and O–H groups in total. The van der Waals surface area contributed by atoms with Gasteiger partial charge in [-0.2, -0.15) is 0 Å². The van der Waals surface area contributed by atoms with Crippen LogP contribution in [-0.2, 0) is 6.54 Å².